The summed E-state index contributed by atoms with van der Waals surface area (Å²) >= 11 is 0. The molecular weight excluding hydrogens is 228 g/mol. The van der Waals surface area contributed by atoms with Gasteiger partial charge in [-0.3, -0.25) is 24.6 Å². The summed E-state index contributed by atoms with van der Waals surface area (Å²) < 4.78 is 0. The molecule has 0 aromatic rings. The van der Waals surface area contributed by atoms with Crippen molar-refractivity contribution in [2.45, 2.75) is 26.2 Å². The molecule has 1 rings (SSSR count). The van der Waals surface area contributed by atoms with Crippen molar-refractivity contribution in [3.05, 3.63) is 0 Å². The number of aliphatic carboxylic acids is 1. The van der Waals surface area contributed by atoms with Crippen LogP contribution < -0.4 is 5.32 Å². The van der Waals surface area contributed by atoms with Crippen LogP contribution in [0.15, 0.2) is 0 Å². The number of nitrogens with one attached hydrogen (secondary N) is 1. The molecule has 0 bridgehead atoms. The van der Waals surface area contributed by atoms with Gasteiger partial charge in [0.25, 0.3) is 0 Å². The van der Waals surface area contributed by atoms with Crippen molar-refractivity contribution < 1.29 is 24.3 Å². The van der Waals surface area contributed by atoms with Gasteiger partial charge in [0.05, 0.1) is 6.42 Å². The highest BCUT2D eigenvalue weighted by molar-refractivity contribution is 6.17. The van der Waals surface area contributed by atoms with Crippen molar-refractivity contribution in [1.29, 1.82) is 0 Å². The van der Waals surface area contributed by atoms with E-state index >= 15 is 0 Å². The Morgan fingerprint density at radius 3 is 2.59 bits per heavy atom. The Morgan fingerprint density at radius 2 is 2.06 bits per heavy atom. The lowest BCUT2D eigenvalue weighted by Gasteiger charge is -2.29. The molecule has 4 amide bonds. The number of carbonyl (C=O) groups excluding carboxylic acids is 3. The van der Waals surface area contributed by atoms with Crippen LogP contribution in [0, 0.1) is 5.92 Å². The molecule has 7 heteroatoms. The van der Waals surface area contributed by atoms with Gasteiger partial charge in [0.15, 0.2) is 0 Å². The van der Waals surface area contributed by atoms with Crippen LogP contribution in [0.1, 0.15) is 26.2 Å². The predicted molar refractivity (Wildman–Crippen MR) is 55.9 cm³/mol. The van der Waals surface area contributed by atoms with E-state index in [1.54, 1.807) is 0 Å². The lowest BCUT2D eigenvalue weighted by molar-refractivity contribution is -0.149. The molecule has 2 N–H and O–H groups in total. The van der Waals surface area contributed by atoms with Crippen LogP contribution >= 0.6 is 0 Å². The number of amides is 4. The van der Waals surface area contributed by atoms with Crippen molar-refractivity contribution in [1.82, 2.24) is 10.2 Å². The fourth-order valence-corrected chi connectivity index (χ4v) is 1.54. The van der Waals surface area contributed by atoms with Gasteiger partial charge < -0.3 is 5.11 Å². The molecule has 0 saturated carbocycles. The second-order valence-corrected chi connectivity index (χ2v) is 3.79. The number of carboxylic acid groups (broad SMARTS) is 1. The van der Waals surface area contributed by atoms with Crippen molar-refractivity contribution in [3.63, 3.8) is 0 Å². The molecule has 0 radical (unpaired) electrons. The average molecular weight is 242 g/mol. The zero-order chi connectivity index (χ0) is 13.0. The normalized spacial score (nSPS) is 20.4. The molecule has 1 unspecified atom stereocenters. The van der Waals surface area contributed by atoms with Crippen LogP contribution in [0.2, 0.25) is 0 Å². The number of rotatable bonds is 5. The monoisotopic (exact) mass is 242 g/mol. The second kappa shape index (κ2) is 5.42. The van der Waals surface area contributed by atoms with Gasteiger partial charge in [0.2, 0.25) is 11.8 Å². The number of nitrogens with zero attached hydrogens (tertiary/aromatic N) is 1. The van der Waals surface area contributed by atoms with E-state index in [-0.39, 0.29) is 6.54 Å². The zero-order valence-electron chi connectivity index (χ0n) is 9.43. The summed E-state index contributed by atoms with van der Waals surface area (Å²) in [6, 6.07) is -0.768. The van der Waals surface area contributed by atoms with E-state index < -0.39 is 36.2 Å². The minimum absolute atomic E-state index is 0.199. The Labute approximate surface area is 97.8 Å². The minimum Gasteiger partial charge on any atom is -0.481 e. The SMILES string of the molecule is CCCCN1C(=O)NC(=O)C(CC(=O)O)C1=O. The van der Waals surface area contributed by atoms with Gasteiger partial charge in [0.1, 0.15) is 5.92 Å². The first-order chi connectivity index (χ1) is 7.97. The molecule has 0 aromatic heterocycles. The number of carboxylic acids is 1. The predicted octanol–water partition coefficient (Wildman–Crippen LogP) is -0.0442. The quantitative estimate of drug-likeness (QED) is 0.658. The summed E-state index contributed by atoms with van der Waals surface area (Å²) in [6.45, 7) is 2.09. The van der Waals surface area contributed by atoms with Gasteiger partial charge in [-0.25, -0.2) is 4.79 Å². The molecule has 1 atom stereocenters. The number of hydrogen-bond acceptors (Lipinski definition) is 4. The van der Waals surface area contributed by atoms with Crippen molar-refractivity contribution >= 4 is 23.8 Å². The van der Waals surface area contributed by atoms with Crippen molar-refractivity contribution in [2.75, 3.05) is 6.54 Å². The number of barbiturate groups is 1. The lowest BCUT2D eigenvalue weighted by Crippen LogP contribution is -2.58. The number of hydrogen-bond donors (Lipinski definition) is 2. The van der Waals surface area contributed by atoms with Crippen molar-refractivity contribution in [2.24, 2.45) is 5.92 Å². The molecule has 94 valence electrons. The fourth-order valence-electron chi connectivity index (χ4n) is 1.54. The molecule has 1 saturated heterocycles. The van der Waals surface area contributed by atoms with Crippen LogP contribution in [0.4, 0.5) is 4.79 Å². The summed E-state index contributed by atoms with van der Waals surface area (Å²) in [5.41, 5.74) is 0. The number of urea groups is 1. The van der Waals surface area contributed by atoms with E-state index in [2.05, 4.69) is 0 Å². The first-order valence-electron chi connectivity index (χ1n) is 5.35. The summed E-state index contributed by atoms with van der Waals surface area (Å²) in [5.74, 6) is -4.12. The maximum absolute atomic E-state index is 11.8. The highest BCUT2D eigenvalue weighted by Crippen LogP contribution is 2.14. The van der Waals surface area contributed by atoms with Gasteiger partial charge in [-0.2, -0.15) is 0 Å². The highest BCUT2D eigenvalue weighted by atomic mass is 16.4. The molecule has 17 heavy (non-hydrogen) atoms. The summed E-state index contributed by atoms with van der Waals surface area (Å²) in [6.07, 6.45) is 0.808. The maximum Gasteiger partial charge on any atom is 0.330 e. The van der Waals surface area contributed by atoms with E-state index in [0.29, 0.717) is 6.42 Å². The third-order valence-electron chi connectivity index (χ3n) is 2.47. The molecule has 0 spiro atoms. The molecule has 7 nitrogen and oxygen atoms in total. The first-order valence-corrected chi connectivity index (χ1v) is 5.35. The van der Waals surface area contributed by atoms with E-state index in [9.17, 15) is 19.2 Å². The highest BCUT2D eigenvalue weighted by Gasteiger charge is 2.40. The zero-order valence-corrected chi connectivity index (χ0v) is 9.43. The Kier molecular flexibility index (Phi) is 4.19. The van der Waals surface area contributed by atoms with Gasteiger partial charge in [0, 0.05) is 6.54 Å². The second-order valence-electron chi connectivity index (χ2n) is 3.79. The van der Waals surface area contributed by atoms with Crippen LogP contribution in [-0.4, -0.2) is 40.4 Å². The third-order valence-corrected chi connectivity index (χ3v) is 2.47. The molecule has 1 fully saturated rings. The molecule has 1 aliphatic rings. The topological polar surface area (TPSA) is 104 Å². The first kappa shape index (κ1) is 13.1. The number of unbranched alkanes of at least 4 members (excludes halogenated alkanes) is 1. The van der Waals surface area contributed by atoms with Crippen LogP contribution in [0.25, 0.3) is 0 Å². The molecular formula is C10H14N2O5. The molecule has 0 aliphatic carbocycles. The van der Waals surface area contributed by atoms with Crippen LogP contribution in [0.5, 0.6) is 0 Å². The molecule has 1 aliphatic heterocycles. The summed E-state index contributed by atoms with van der Waals surface area (Å²) in [7, 11) is 0. The molecule has 0 aromatic carbocycles. The van der Waals surface area contributed by atoms with Gasteiger partial charge in [-0.1, -0.05) is 13.3 Å². The van der Waals surface area contributed by atoms with Gasteiger partial charge in [-0.15, -0.1) is 0 Å². The van der Waals surface area contributed by atoms with E-state index in [4.69, 9.17) is 5.11 Å². The van der Waals surface area contributed by atoms with Crippen molar-refractivity contribution in [3.8, 4) is 0 Å². The fraction of sp³-hybridized carbons (Fsp3) is 0.600. The van der Waals surface area contributed by atoms with Gasteiger partial charge >= 0.3 is 12.0 Å². The maximum atomic E-state index is 11.8. The third kappa shape index (κ3) is 3.02. The Bertz CT molecular complexity index is 366. The van der Waals surface area contributed by atoms with E-state index in [1.807, 2.05) is 12.2 Å². The van der Waals surface area contributed by atoms with Crippen LogP contribution in [0.3, 0.4) is 0 Å². The lowest BCUT2D eigenvalue weighted by atomic mass is 10.0. The summed E-state index contributed by atoms with van der Waals surface area (Å²) in [4.78, 5) is 45.9. The Balaban J connectivity index is 2.79. The Hall–Kier alpha value is -1.92. The largest absolute Gasteiger partial charge is 0.481 e. The van der Waals surface area contributed by atoms with Gasteiger partial charge in [-0.05, 0) is 6.42 Å². The summed E-state index contributed by atoms with van der Waals surface area (Å²) in [5, 5.41) is 10.6. The minimum atomic E-state index is -1.30. The number of imide groups is 2. The van der Waals surface area contributed by atoms with E-state index in [1.165, 1.54) is 0 Å². The number of carbonyl (C=O) groups is 4. The van der Waals surface area contributed by atoms with Crippen LogP contribution in [-0.2, 0) is 14.4 Å². The standard InChI is InChI=1S/C10H14N2O5/c1-2-3-4-12-9(16)6(5-7(13)14)8(15)11-10(12)17/h6H,2-5H2,1H3,(H,13,14)(H,11,15,17). The van der Waals surface area contributed by atoms with E-state index in [0.717, 1.165) is 11.3 Å². The smallest absolute Gasteiger partial charge is 0.330 e. The molecule has 1 heterocycles. The average Bonchev–Trinajstić information content (AvgIpc) is 2.23. The Morgan fingerprint density at radius 1 is 1.41 bits per heavy atom.